The van der Waals surface area contributed by atoms with Crippen LogP contribution in [-0.2, 0) is 4.74 Å². The molecule has 1 aromatic rings. The lowest BCUT2D eigenvalue weighted by molar-refractivity contribution is 0.0177. The molecule has 0 spiro atoms. The van der Waals surface area contributed by atoms with Gasteiger partial charge >= 0.3 is 0 Å². The van der Waals surface area contributed by atoms with E-state index in [0.29, 0.717) is 6.61 Å². The highest BCUT2D eigenvalue weighted by atomic mass is 16.5. The predicted molar refractivity (Wildman–Crippen MR) is 54.0 cm³/mol. The molecule has 1 saturated heterocycles. The molecule has 0 amide bonds. The zero-order chi connectivity index (χ0) is 9.80. The lowest BCUT2D eigenvalue weighted by atomic mass is 10.0. The van der Waals surface area contributed by atoms with Gasteiger partial charge in [0.1, 0.15) is 0 Å². The van der Waals surface area contributed by atoms with Crippen LogP contribution in [0.25, 0.3) is 0 Å². The van der Waals surface area contributed by atoms with E-state index in [1.807, 2.05) is 30.3 Å². The topological polar surface area (TPSA) is 41.5 Å². The molecular formula is C11H15NO2. The van der Waals surface area contributed by atoms with Gasteiger partial charge in [-0.2, -0.15) is 0 Å². The molecule has 1 fully saturated rings. The second-order valence-corrected chi connectivity index (χ2v) is 3.49. The van der Waals surface area contributed by atoms with Crippen molar-refractivity contribution < 1.29 is 9.84 Å². The molecule has 14 heavy (non-hydrogen) atoms. The van der Waals surface area contributed by atoms with Gasteiger partial charge in [-0.15, -0.1) is 0 Å². The van der Waals surface area contributed by atoms with Crippen LogP contribution in [0.4, 0.5) is 0 Å². The van der Waals surface area contributed by atoms with E-state index < -0.39 is 6.10 Å². The number of hydrogen-bond acceptors (Lipinski definition) is 3. The van der Waals surface area contributed by atoms with E-state index in [2.05, 4.69) is 5.32 Å². The average molecular weight is 193 g/mol. The Morgan fingerprint density at radius 2 is 2.14 bits per heavy atom. The fourth-order valence-corrected chi connectivity index (χ4v) is 1.67. The third-order valence-corrected chi connectivity index (χ3v) is 2.47. The first-order valence-electron chi connectivity index (χ1n) is 4.92. The normalized spacial score (nSPS) is 24.5. The number of benzene rings is 1. The second kappa shape index (κ2) is 4.55. The largest absolute Gasteiger partial charge is 0.387 e. The predicted octanol–water partition coefficient (Wildman–Crippen LogP) is 0.708. The Hall–Kier alpha value is -0.900. The van der Waals surface area contributed by atoms with Gasteiger partial charge in [-0.1, -0.05) is 30.3 Å². The minimum absolute atomic E-state index is 0.0196. The first-order valence-corrected chi connectivity index (χ1v) is 4.92. The van der Waals surface area contributed by atoms with E-state index in [1.165, 1.54) is 0 Å². The fourth-order valence-electron chi connectivity index (χ4n) is 1.67. The zero-order valence-corrected chi connectivity index (χ0v) is 8.02. The van der Waals surface area contributed by atoms with Crippen LogP contribution in [0.2, 0.25) is 0 Å². The summed E-state index contributed by atoms with van der Waals surface area (Å²) in [7, 11) is 0. The van der Waals surface area contributed by atoms with Crippen LogP contribution in [0.3, 0.4) is 0 Å². The Morgan fingerprint density at radius 3 is 2.79 bits per heavy atom. The summed E-state index contributed by atoms with van der Waals surface area (Å²) >= 11 is 0. The van der Waals surface area contributed by atoms with Gasteiger partial charge in [0, 0.05) is 6.54 Å². The van der Waals surface area contributed by atoms with E-state index >= 15 is 0 Å². The van der Waals surface area contributed by atoms with Crippen LogP contribution in [0.1, 0.15) is 11.7 Å². The summed E-state index contributed by atoms with van der Waals surface area (Å²) in [6, 6.07) is 9.69. The number of rotatable bonds is 2. The fraction of sp³-hybridized carbons (Fsp3) is 0.455. The molecule has 1 heterocycles. The van der Waals surface area contributed by atoms with Crippen LogP contribution in [0.5, 0.6) is 0 Å². The van der Waals surface area contributed by atoms with Crippen molar-refractivity contribution in [3.8, 4) is 0 Å². The molecule has 1 aliphatic heterocycles. The van der Waals surface area contributed by atoms with E-state index in [-0.39, 0.29) is 6.04 Å². The first kappa shape index (κ1) is 9.65. The van der Waals surface area contributed by atoms with Crippen molar-refractivity contribution in [3.63, 3.8) is 0 Å². The Labute approximate surface area is 83.7 Å². The summed E-state index contributed by atoms with van der Waals surface area (Å²) in [6.45, 7) is 2.13. The standard InChI is InChI=1S/C11H15NO2/c13-11(9-4-2-1-3-5-9)10-8-14-7-6-12-10/h1-5,10-13H,6-8H2/t10?,11-/m0/s1. The summed E-state index contributed by atoms with van der Waals surface area (Å²) in [4.78, 5) is 0. The highest BCUT2D eigenvalue weighted by Gasteiger charge is 2.22. The van der Waals surface area contributed by atoms with Crippen LogP contribution in [0, 0.1) is 0 Å². The molecule has 3 heteroatoms. The van der Waals surface area contributed by atoms with Crippen LogP contribution < -0.4 is 5.32 Å². The van der Waals surface area contributed by atoms with E-state index in [9.17, 15) is 5.11 Å². The average Bonchev–Trinajstić information content (AvgIpc) is 2.30. The Morgan fingerprint density at radius 1 is 1.36 bits per heavy atom. The van der Waals surface area contributed by atoms with Crippen LogP contribution >= 0.6 is 0 Å². The van der Waals surface area contributed by atoms with Crippen molar-refractivity contribution in [2.24, 2.45) is 0 Å². The maximum absolute atomic E-state index is 10.0. The molecule has 1 unspecified atom stereocenters. The summed E-state index contributed by atoms with van der Waals surface area (Å²) in [6.07, 6.45) is -0.475. The minimum Gasteiger partial charge on any atom is -0.387 e. The van der Waals surface area contributed by atoms with Crippen LogP contribution in [-0.4, -0.2) is 30.9 Å². The molecule has 0 saturated carbocycles. The Balaban J connectivity index is 2.03. The molecule has 2 atom stereocenters. The Kier molecular flexibility index (Phi) is 3.14. The third-order valence-electron chi connectivity index (χ3n) is 2.47. The third kappa shape index (κ3) is 2.12. The molecule has 3 nitrogen and oxygen atoms in total. The van der Waals surface area contributed by atoms with Gasteiger partial charge in [0.25, 0.3) is 0 Å². The first-order chi connectivity index (χ1) is 6.88. The number of ether oxygens (including phenoxy) is 1. The molecule has 0 aliphatic carbocycles. The van der Waals surface area contributed by atoms with Crippen molar-refractivity contribution in [2.75, 3.05) is 19.8 Å². The number of morpholine rings is 1. The molecule has 0 aromatic heterocycles. The lowest BCUT2D eigenvalue weighted by Crippen LogP contribution is -2.45. The summed E-state index contributed by atoms with van der Waals surface area (Å²) in [5.74, 6) is 0. The summed E-state index contributed by atoms with van der Waals surface area (Å²) < 4.78 is 5.30. The molecule has 2 N–H and O–H groups in total. The molecular weight excluding hydrogens is 178 g/mol. The molecule has 0 radical (unpaired) electrons. The summed E-state index contributed by atoms with van der Waals surface area (Å²) in [5.41, 5.74) is 0.940. The van der Waals surface area contributed by atoms with Gasteiger partial charge in [0.2, 0.25) is 0 Å². The molecule has 76 valence electrons. The maximum atomic E-state index is 10.0. The van der Waals surface area contributed by atoms with E-state index in [4.69, 9.17) is 4.74 Å². The lowest BCUT2D eigenvalue weighted by Gasteiger charge is -2.28. The van der Waals surface area contributed by atoms with Gasteiger partial charge < -0.3 is 15.2 Å². The number of hydrogen-bond donors (Lipinski definition) is 2. The van der Waals surface area contributed by atoms with Gasteiger partial charge in [0.05, 0.1) is 25.4 Å². The molecule has 2 rings (SSSR count). The number of nitrogens with one attached hydrogen (secondary N) is 1. The molecule has 1 aromatic carbocycles. The molecule has 0 bridgehead atoms. The number of aliphatic hydroxyl groups is 1. The summed E-state index contributed by atoms with van der Waals surface area (Å²) in [5, 5.41) is 13.2. The smallest absolute Gasteiger partial charge is 0.0965 e. The van der Waals surface area contributed by atoms with Crippen LogP contribution in [0.15, 0.2) is 30.3 Å². The van der Waals surface area contributed by atoms with Gasteiger partial charge in [-0.25, -0.2) is 0 Å². The van der Waals surface area contributed by atoms with E-state index in [1.54, 1.807) is 0 Å². The molecule has 1 aliphatic rings. The van der Waals surface area contributed by atoms with Crippen molar-refractivity contribution in [3.05, 3.63) is 35.9 Å². The highest BCUT2D eigenvalue weighted by Crippen LogP contribution is 2.17. The Bertz CT molecular complexity index is 270. The monoisotopic (exact) mass is 193 g/mol. The highest BCUT2D eigenvalue weighted by molar-refractivity contribution is 5.18. The number of aliphatic hydroxyl groups excluding tert-OH is 1. The minimum atomic E-state index is -0.475. The SMILES string of the molecule is O[C@@H](c1ccccc1)C1COCCN1. The quantitative estimate of drug-likeness (QED) is 0.726. The van der Waals surface area contributed by atoms with Gasteiger partial charge in [-0.3, -0.25) is 0 Å². The zero-order valence-electron chi connectivity index (χ0n) is 8.02. The van der Waals surface area contributed by atoms with Crippen molar-refractivity contribution >= 4 is 0 Å². The van der Waals surface area contributed by atoms with Gasteiger partial charge in [0.15, 0.2) is 0 Å². The van der Waals surface area contributed by atoms with Crippen molar-refractivity contribution in [2.45, 2.75) is 12.1 Å². The van der Waals surface area contributed by atoms with Crippen molar-refractivity contribution in [1.29, 1.82) is 0 Å². The van der Waals surface area contributed by atoms with Crippen molar-refractivity contribution in [1.82, 2.24) is 5.32 Å². The maximum Gasteiger partial charge on any atom is 0.0965 e. The second-order valence-electron chi connectivity index (χ2n) is 3.49. The van der Waals surface area contributed by atoms with E-state index in [0.717, 1.165) is 18.7 Å². The van der Waals surface area contributed by atoms with Gasteiger partial charge in [-0.05, 0) is 5.56 Å².